The zero-order valence-electron chi connectivity index (χ0n) is 8.69. The lowest BCUT2D eigenvalue weighted by Crippen LogP contribution is -2.28. The molecular weight excluding hydrogens is 182 g/mol. The van der Waals surface area contributed by atoms with Gasteiger partial charge in [0.25, 0.3) is 0 Å². The fourth-order valence-electron chi connectivity index (χ4n) is 1.11. The molecule has 0 saturated heterocycles. The Hall–Kier alpha value is -1.23. The van der Waals surface area contributed by atoms with E-state index in [4.69, 9.17) is 5.11 Å². The number of hydrogen-bond acceptors (Lipinski definition) is 4. The molecule has 78 valence electrons. The lowest BCUT2D eigenvalue weighted by Gasteiger charge is -2.23. The van der Waals surface area contributed by atoms with Gasteiger partial charge in [0.05, 0.1) is 11.7 Å². The van der Waals surface area contributed by atoms with Gasteiger partial charge in [-0.15, -0.1) is 5.10 Å². The Labute approximate surface area is 82.7 Å². The number of aliphatic hydroxyl groups excluding tert-OH is 1. The largest absolute Gasteiger partial charge is 0.396 e. The van der Waals surface area contributed by atoms with Crippen molar-refractivity contribution in [1.29, 1.82) is 0 Å². The van der Waals surface area contributed by atoms with Crippen molar-refractivity contribution in [3.63, 3.8) is 0 Å². The predicted molar refractivity (Wildman–Crippen MR) is 51.1 cm³/mol. The van der Waals surface area contributed by atoms with Crippen LogP contribution in [-0.2, 0) is 5.54 Å². The molecule has 0 spiro atoms. The summed E-state index contributed by atoms with van der Waals surface area (Å²) in [4.78, 5) is 11.0. The van der Waals surface area contributed by atoms with E-state index >= 15 is 0 Å². The summed E-state index contributed by atoms with van der Waals surface area (Å²) >= 11 is 0. The molecule has 0 saturated carbocycles. The Kier molecular flexibility index (Phi) is 3.00. The number of nitrogens with zero attached hydrogens (tertiary/aromatic N) is 3. The van der Waals surface area contributed by atoms with Gasteiger partial charge in [0.2, 0.25) is 0 Å². The van der Waals surface area contributed by atoms with Gasteiger partial charge >= 0.3 is 0 Å². The molecule has 14 heavy (non-hydrogen) atoms. The molecule has 0 aliphatic carbocycles. The summed E-state index contributed by atoms with van der Waals surface area (Å²) in [7, 11) is 0. The van der Waals surface area contributed by atoms with Crippen molar-refractivity contribution >= 4 is 5.78 Å². The number of hydrogen-bond donors (Lipinski definition) is 1. The highest BCUT2D eigenvalue weighted by molar-refractivity contribution is 5.91. The van der Waals surface area contributed by atoms with Gasteiger partial charge in [0.1, 0.15) is 5.69 Å². The number of carbonyl (C=O) groups excluding carboxylic acids is 1. The minimum absolute atomic E-state index is 0.0856. The van der Waals surface area contributed by atoms with Crippen LogP contribution in [0.15, 0.2) is 6.20 Å². The highest BCUT2D eigenvalue weighted by atomic mass is 16.3. The zero-order valence-corrected chi connectivity index (χ0v) is 8.69. The quantitative estimate of drug-likeness (QED) is 0.717. The van der Waals surface area contributed by atoms with E-state index in [1.807, 2.05) is 13.8 Å². The van der Waals surface area contributed by atoms with Gasteiger partial charge in [-0.05, 0) is 20.3 Å². The molecule has 5 heteroatoms. The van der Waals surface area contributed by atoms with Crippen molar-refractivity contribution < 1.29 is 9.90 Å². The Bertz CT molecular complexity index is 331. The van der Waals surface area contributed by atoms with Gasteiger partial charge in [-0.2, -0.15) is 0 Å². The zero-order chi connectivity index (χ0) is 10.8. The molecule has 0 aliphatic rings. The Morgan fingerprint density at radius 2 is 2.29 bits per heavy atom. The molecule has 5 nitrogen and oxygen atoms in total. The average Bonchev–Trinajstić information content (AvgIpc) is 2.51. The standard InChI is InChI=1S/C9H15N3O2/c1-7(14)8-6-12(11-10-8)9(2,3)4-5-13/h6,13H,4-5H2,1-3H3. The second kappa shape index (κ2) is 3.88. The maximum absolute atomic E-state index is 11.0. The van der Waals surface area contributed by atoms with Gasteiger partial charge in [0, 0.05) is 13.5 Å². The van der Waals surface area contributed by atoms with E-state index in [1.165, 1.54) is 6.92 Å². The third kappa shape index (κ3) is 2.17. The van der Waals surface area contributed by atoms with Crippen LogP contribution in [0.3, 0.4) is 0 Å². The van der Waals surface area contributed by atoms with Crippen molar-refractivity contribution in [2.45, 2.75) is 32.7 Å². The van der Waals surface area contributed by atoms with Crippen LogP contribution in [0.1, 0.15) is 37.7 Å². The lowest BCUT2D eigenvalue weighted by atomic mass is 10.0. The highest BCUT2D eigenvalue weighted by Crippen LogP contribution is 2.17. The summed E-state index contributed by atoms with van der Waals surface area (Å²) in [5, 5.41) is 16.5. The molecule has 0 unspecified atom stereocenters. The van der Waals surface area contributed by atoms with E-state index in [2.05, 4.69) is 10.3 Å². The second-order valence-electron chi connectivity index (χ2n) is 3.89. The van der Waals surface area contributed by atoms with Crippen LogP contribution >= 0.6 is 0 Å². The van der Waals surface area contributed by atoms with Crippen LogP contribution < -0.4 is 0 Å². The van der Waals surface area contributed by atoms with Crippen LogP contribution in [0, 0.1) is 0 Å². The summed E-state index contributed by atoms with van der Waals surface area (Å²) in [6.07, 6.45) is 2.19. The van der Waals surface area contributed by atoms with Crippen LogP contribution in [0.5, 0.6) is 0 Å². The first-order valence-electron chi connectivity index (χ1n) is 4.52. The van der Waals surface area contributed by atoms with Gasteiger partial charge in [-0.1, -0.05) is 5.21 Å². The van der Waals surface area contributed by atoms with Crippen LogP contribution in [-0.4, -0.2) is 32.5 Å². The molecule has 0 amide bonds. The maximum Gasteiger partial charge on any atom is 0.181 e. The molecule has 1 rings (SSSR count). The summed E-state index contributed by atoms with van der Waals surface area (Å²) in [6, 6.07) is 0. The minimum atomic E-state index is -0.310. The summed E-state index contributed by atoms with van der Waals surface area (Å²) in [5.41, 5.74) is 0.0474. The topological polar surface area (TPSA) is 68.0 Å². The molecule has 1 aromatic heterocycles. The molecule has 0 fully saturated rings. The maximum atomic E-state index is 11.0. The smallest absolute Gasteiger partial charge is 0.181 e. The predicted octanol–water partition coefficient (Wildman–Crippen LogP) is 0.598. The molecule has 0 radical (unpaired) electrons. The van der Waals surface area contributed by atoms with Crippen LogP contribution in [0.25, 0.3) is 0 Å². The molecule has 0 bridgehead atoms. The van der Waals surface area contributed by atoms with E-state index in [9.17, 15) is 4.79 Å². The fourth-order valence-corrected chi connectivity index (χ4v) is 1.11. The molecular formula is C9H15N3O2. The van der Waals surface area contributed by atoms with E-state index < -0.39 is 0 Å². The van der Waals surface area contributed by atoms with Crippen molar-refractivity contribution in [2.24, 2.45) is 0 Å². The number of rotatable bonds is 4. The van der Waals surface area contributed by atoms with E-state index in [0.29, 0.717) is 12.1 Å². The van der Waals surface area contributed by atoms with E-state index in [0.717, 1.165) is 0 Å². The van der Waals surface area contributed by atoms with Crippen LogP contribution in [0.4, 0.5) is 0 Å². The first-order valence-corrected chi connectivity index (χ1v) is 4.52. The van der Waals surface area contributed by atoms with Crippen LogP contribution in [0.2, 0.25) is 0 Å². The molecule has 0 aliphatic heterocycles. The summed E-state index contributed by atoms with van der Waals surface area (Å²) in [5.74, 6) is -0.101. The normalized spacial score (nSPS) is 11.7. The van der Waals surface area contributed by atoms with E-state index in [-0.39, 0.29) is 17.9 Å². The number of ketones is 1. The van der Waals surface area contributed by atoms with Crippen molar-refractivity contribution in [3.8, 4) is 0 Å². The first-order chi connectivity index (χ1) is 6.47. The van der Waals surface area contributed by atoms with Gasteiger partial charge in [-0.25, -0.2) is 4.68 Å². The fraction of sp³-hybridized carbons (Fsp3) is 0.667. The van der Waals surface area contributed by atoms with Crippen molar-refractivity contribution in [1.82, 2.24) is 15.0 Å². The first kappa shape index (κ1) is 10.8. The Morgan fingerprint density at radius 1 is 1.64 bits per heavy atom. The van der Waals surface area contributed by atoms with Crippen molar-refractivity contribution in [2.75, 3.05) is 6.61 Å². The molecule has 0 atom stereocenters. The highest BCUT2D eigenvalue weighted by Gasteiger charge is 2.21. The molecule has 1 N–H and O–H groups in total. The third-order valence-electron chi connectivity index (χ3n) is 2.20. The van der Waals surface area contributed by atoms with Gasteiger partial charge in [-0.3, -0.25) is 4.79 Å². The van der Waals surface area contributed by atoms with Gasteiger partial charge < -0.3 is 5.11 Å². The summed E-state index contributed by atoms with van der Waals surface area (Å²) < 4.78 is 1.61. The third-order valence-corrected chi connectivity index (χ3v) is 2.20. The number of aliphatic hydroxyl groups is 1. The second-order valence-corrected chi connectivity index (χ2v) is 3.89. The molecule has 0 aromatic carbocycles. The number of carbonyl (C=O) groups is 1. The SMILES string of the molecule is CC(=O)c1cn(C(C)(C)CCO)nn1. The monoisotopic (exact) mass is 197 g/mol. The van der Waals surface area contributed by atoms with E-state index in [1.54, 1.807) is 10.9 Å². The number of aromatic nitrogens is 3. The van der Waals surface area contributed by atoms with Gasteiger partial charge in [0.15, 0.2) is 5.78 Å². The lowest BCUT2D eigenvalue weighted by molar-refractivity contribution is 0.101. The Morgan fingerprint density at radius 3 is 2.71 bits per heavy atom. The average molecular weight is 197 g/mol. The van der Waals surface area contributed by atoms with Crippen molar-refractivity contribution in [3.05, 3.63) is 11.9 Å². The molecule has 1 heterocycles. The molecule has 1 aromatic rings. The summed E-state index contributed by atoms with van der Waals surface area (Å²) in [6.45, 7) is 5.40. The Balaban J connectivity index is 2.90. The number of Topliss-reactive ketones (excluding diaryl/α,β-unsaturated/α-hetero) is 1. The minimum Gasteiger partial charge on any atom is -0.396 e.